The molecule has 1 heterocycles. The lowest BCUT2D eigenvalue weighted by Crippen LogP contribution is -2.50. The molecule has 4 nitrogen and oxygen atoms in total. The van der Waals surface area contributed by atoms with Crippen molar-refractivity contribution in [3.05, 3.63) is 42.5 Å². The normalized spacial score (nSPS) is 14.6. The quantitative estimate of drug-likeness (QED) is 0.685. The van der Waals surface area contributed by atoms with Crippen LogP contribution in [0.3, 0.4) is 0 Å². The molecule has 2 aromatic rings. The summed E-state index contributed by atoms with van der Waals surface area (Å²) < 4.78 is 87.9. The summed E-state index contributed by atoms with van der Waals surface area (Å²) in [6, 6.07) is 8.66. The van der Waals surface area contributed by atoms with Gasteiger partial charge in [-0.25, -0.2) is 0 Å². The summed E-state index contributed by atoms with van der Waals surface area (Å²) in [6.07, 6.45) is -10.0. The minimum Gasteiger partial charge on any atom is -0.484 e. The van der Waals surface area contributed by atoms with E-state index < -0.39 is 24.2 Å². The molecule has 0 amide bonds. The third kappa shape index (κ3) is 6.10. The highest BCUT2D eigenvalue weighted by atomic mass is 35.5. The molecule has 0 aromatic heterocycles. The van der Waals surface area contributed by atoms with Crippen LogP contribution in [-0.4, -0.2) is 31.9 Å². The maximum Gasteiger partial charge on any atom is 0.573 e. The van der Waals surface area contributed by atoms with Gasteiger partial charge in [-0.1, -0.05) is 18.2 Å². The van der Waals surface area contributed by atoms with Gasteiger partial charge >= 0.3 is 12.7 Å². The molecule has 0 atom stereocenters. The molecule has 0 bridgehead atoms. The molecule has 154 valence electrons. The smallest absolute Gasteiger partial charge is 0.484 e. The Balaban J connectivity index is 0.00000280. The summed E-state index contributed by atoms with van der Waals surface area (Å²) >= 11 is 0. The van der Waals surface area contributed by atoms with Gasteiger partial charge in [0.25, 0.3) is 0 Å². The SMILES string of the molecule is Cl.FC(F)(F)Oc1ccc(-c2ccc(OC3CNC3)c(OC(F)(F)F)c2)cc1. The fourth-order valence-electron chi connectivity index (χ4n) is 2.36. The number of rotatable bonds is 5. The maximum atomic E-state index is 12.7. The van der Waals surface area contributed by atoms with Crippen molar-refractivity contribution < 1.29 is 40.6 Å². The lowest BCUT2D eigenvalue weighted by molar-refractivity contribution is -0.276. The highest BCUT2D eigenvalue weighted by Gasteiger charge is 2.33. The molecule has 28 heavy (non-hydrogen) atoms. The fraction of sp³-hybridized carbons (Fsp3) is 0.294. The maximum absolute atomic E-state index is 12.7. The van der Waals surface area contributed by atoms with Crippen LogP contribution in [0.25, 0.3) is 11.1 Å². The summed E-state index contributed by atoms with van der Waals surface area (Å²) in [4.78, 5) is 0. The Morgan fingerprint density at radius 2 is 1.32 bits per heavy atom. The number of benzene rings is 2. The van der Waals surface area contributed by atoms with E-state index in [1.165, 1.54) is 24.3 Å². The van der Waals surface area contributed by atoms with Crippen LogP contribution in [-0.2, 0) is 0 Å². The monoisotopic (exact) mass is 429 g/mol. The molecule has 3 rings (SSSR count). The van der Waals surface area contributed by atoms with Crippen molar-refractivity contribution in [3.8, 4) is 28.4 Å². The summed E-state index contributed by atoms with van der Waals surface area (Å²) in [6.45, 7) is 1.02. The molecule has 0 radical (unpaired) electrons. The Morgan fingerprint density at radius 3 is 1.82 bits per heavy atom. The molecule has 0 aliphatic carbocycles. The summed E-state index contributed by atoms with van der Waals surface area (Å²) in [5, 5.41) is 2.93. The van der Waals surface area contributed by atoms with E-state index in [0.29, 0.717) is 24.2 Å². The molecule has 1 N–H and O–H groups in total. The van der Waals surface area contributed by atoms with Crippen molar-refractivity contribution in [3.63, 3.8) is 0 Å². The van der Waals surface area contributed by atoms with Crippen LogP contribution < -0.4 is 19.5 Å². The Morgan fingerprint density at radius 1 is 0.750 bits per heavy atom. The number of nitrogens with one attached hydrogen (secondary N) is 1. The standard InChI is InChI=1S/C17H13F6NO3.ClH/c18-16(19,20)26-12-4-1-10(2-5-12)11-3-6-14(25-13-8-24-9-13)15(7-11)27-17(21,22)23;/h1-7,13,24H,8-9H2;1H. The van der Waals surface area contributed by atoms with Crippen LogP contribution >= 0.6 is 12.4 Å². The summed E-state index contributed by atoms with van der Waals surface area (Å²) in [5.74, 6) is -1.03. The zero-order valence-corrected chi connectivity index (χ0v) is 14.8. The van der Waals surface area contributed by atoms with Crippen molar-refractivity contribution in [1.82, 2.24) is 5.32 Å². The zero-order valence-electron chi connectivity index (χ0n) is 13.9. The van der Waals surface area contributed by atoms with E-state index in [-0.39, 0.29) is 24.3 Å². The van der Waals surface area contributed by atoms with Crippen LogP contribution in [0, 0.1) is 0 Å². The minimum atomic E-state index is -4.92. The predicted octanol–water partition coefficient (Wildman–Crippen LogP) is 4.92. The van der Waals surface area contributed by atoms with Gasteiger partial charge in [0.15, 0.2) is 11.5 Å². The van der Waals surface area contributed by atoms with Crippen molar-refractivity contribution in [1.29, 1.82) is 0 Å². The minimum absolute atomic E-state index is 0. The second kappa shape index (κ2) is 8.36. The molecule has 0 spiro atoms. The van der Waals surface area contributed by atoms with E-state index in [1.807, 2.05) is 0 Å². The first kappa shape index (κ1) is 22.0. The van der Waals surface area contributed by atoms with Gasteiger partial charge in [0.2, 0.25) is 0 Å². The van der Waals surface area contributed by atoms with Crippen molar-refractivity contribution in [2.45, 2.75) is 18.8 Å². The van der Waals surface area contributed by atoms with E-state index in [4.69, 9.17) is 4.74 Å². The molecule has 1 fully saturated rings. The van der Waals surface area contributed by atoms with Crippen LogP contribution in [0.15, 0.2) is 42.5 Å². The lowest BCUT2D eigenvalue weighted by Gasteiger charge is -2.28. The number of ether oxygens (including phenoxy) is 3. The largest absolute Gasteiger partial charge is 0.573 e. The van der Waals surface area contributed by atoms with Crippen LogP contribution in [0.4, 0.5) is 26.3 Å². The number of hydrogen-bond acceptors (Lipinski definition) is 4. The highest BCUT2D eigenvalue weighted by molar-refractivity contribution is 5.85. The molecule has 0 saturated carbocycles. The predicted molar refractivity (Wildman–Crippen MR) is 89.8 cm³/mol. The van der Waals surface area contributed by atoms with E-state index in [0.717, 1.165) is 18.2 Å². The molecule has 2 aromatic carbocycles. The molecule has 1 aliphatic heterocycles. The van der Waals surface area contributed by atoms with Crippen LogP contribution in [0.2, 0.25) is 0 Å². The molecule has 1 saturated heterocycles. The highest BCUT2D eigenvalue weighted by Crippen LogP contribution is 2.37. The topological polar surface area (TPSA) is 39.7 Å². The van der Waals surface area contributed by atoms with Gasteiger partial charge in [0.1, 0.15) is 11.9 Å². The van der Waals surface area contributed by atoms with E-state index in [2.05, 4.69) is 14.8 Å². The Labute approximate surface area is 161 Å². The van der Waals surface area contributed by atoms with Crippen molar-refractivity contribution in [2.75, 3.05) is 13.1 Å². The first-order chi connectivity index (χ1) is 12.6. The molecular formula is C17H14ClF6NO3. The Bertz CT molecular complexity index is 791. The average molecular weight is 430 g/mol. The molecular weight excluding hydrogens is 416 g/mol. The van der Waals surface area contributed by atoms with Gasteiger partial charge in [-0.3, -0.25) is 0 Å². The fourth-order valence-corrected chi connectivity index (χ4v) is 2.36. The third-order valence-corrected chi connectivity index (χ3v) is 3.63. The summed E-state index contributed by atoms with van der Waals surface area (Å²) in [7, 11) is 0. The number of halogens is 7. The number of hydrogen-bond donors (Lipinski definition) is 1. The third-order valence-electron chi connectivity index (χ3n) is 3.63. The van der Waals surface area contributed by atoms with Crippen molar-refractivity contribution >= 4 is 12.4 Å². The average Bonchev–Trinajstić information content (AvgIpc) is 2.49. The van der Waals surface area contributed by atoms with Crippen LogP contribution in [0.1, 0.15) is 0 Å². The van der Waals surface area contributed by atoms with E-state index in [1.54, 1.807) is 0 Å². The van der Waals surface area contributed by atoms with E-state index >= 15 is 0 Å². The van der Waals surface area contributed by atoms with Crippen molar-refractivity contribution in [2.24, 2.45) is 0 Å². The van der Waals surface area contributed by atoms with Gasteiger partial charge < -0.3 is 19.5 Å². The van der Waals surface area contributed by atoms with Gasteiger partial charge in [-0.2, -0.15) is 0 Å². The van der Waals surface area contributed by atoms with Gasteiger partial charge in [-0.05, 0) is 35.4 Å². The first-order valence-corrected chi connectivity index (χ1v) is 7.72. The summed E-state index contributed by atoms with van der Waals surface area (Å²) in [5.41, 5.74) is 0.695. The van der Waals surface area contributed by atoms with Gasteiger partial charge in [0, 0.05) is 13.1 Å². The zero-order chi connectivity index (χ0) is 19.7. The lowest BCUT2D eigenvalue weighted by atomic mass is 10.0. The first-order valence-electron chi connectivity index (χ1n) is 7.72. The molecule has 1 aliphatic rings. The Kier molecular flexibility index (Phi) is 6.56. The number of alkyl halides is 6. The van der Waals surface area contributed by atoms with Gasteiger partial charge in [0.05, 0.1) is 0 Å². The molecule has 11 heteroatoms. The van der Waals surface area contributed by atoms with Crippen LogP contribution in [0.5, 0.6) is 17.2 Å². The van der Waals surface area contributed by atoms with E-state index in [9.17, 15) is 26.3 Å². The second-order valence-corrected chi connectivity index (χ2v) is 5.68. The molecule has 0 unspecified atom stereocenters. The van der Waals surface area contributed by atoms with Gasteiger partial charge in [-0.15, -0.1) is 38.7 Å². The second-order valence-electron chi connectivity index (χ2n) is 5.68. The Hall–Kier alpha value is -2.33.